The number of benzene rings is 1. The van der Waals surface area contributed by atoms with Crippen molar-refractivity contribution in [2.45, 2.75) is 40.2 Å². The molecular formula is C14H20N2O3. The highest BCUT2D eigenvalue weighted by molar-refractivity contribution is 5.96. The maximum atomic E-state index is 11.9. The van der Waals surface area contributed by atoms with Gasteiger partial charge in [0, 0.05) is 5.56 Å². The van der Waals surface area contributed by atoms with Gasteiger partial charge in [-0.05, 0) is 46.2 Å². The van der Waals surface area contributed by atoms with E-state index >= 15 is 0 Å². The van der Waals surface area contributed by atoms with Crippen molar-refractivity contribution in [1.29, 1.82) is 0 Å². The van der Waals surface area contributed by atoms with Crippen molar-refractivity contribution in [2.75, 3.05) is 0 Å². The fourth-order valence-corrected chi connectivity index (χ4v) is 1.55. The topological polar surface area (TPSA) is 67.4 Å². The fraction of sp³-hybridized carbons (Fsp3) is 0.429. The number of carbonyl (C=O) groups is 2. The van der Waals surface area contributed by atoms with E-state index in [1.54, 1.807) is 26.8 Å². The molecule has 0 spiro atoms. The summed E-state index contributed by atoms with van der Waals surface area (Å²) in [5.74, 6) is -0.372. The number of amides is 2. The summed E-state index contributed by atoms with van der Waals surface area (Å²) in [5, 5.41) is 0. The minimum Gasteiger partial charge on any atom is -0.443 e. The van der Waals surface area contributed by atoms with Gasteiger partial charge < -0.3 is 4.74 Å². The summed E-state index contributed by atoms with van der Waals surface area (Å²) < 4.78 is 5.01. The number of hydrogen-bond donors (Lipinski definition) is 2. The van der Waals surface area contributed by atoms with Gasteiger partial charge in [0.15, 0.2) is 0 Å². The molecule has 0 heterocycles. The predicted molar refractivity (Wildman–Crippen MR) is 72.8 cm³/mol. The normalized spacial score (nSPS) is 10.8. The zero-order valence-electron chi connectivity index (χ0n) is 12.0. The first-order chi connectivity index (χ1) is 8.69. The molecule has 2 amide bonds. The summed E-state index contributed by atoms with van der Waals surface area (Å²) in [4.78, 5) is 23.3. The van der Waals surface area contributed by atoms with E-state index in [1.165, 1.54) is 0 Å². The molecule has 2 N–H and O–H groups in total. The molecule has 0 aromatic heterocycles. The third-order valence-corrected chi connectivity index (χ3v) is 2.30. The van der Waals surface area contributed by atoms with E-state index in [4.69, 9.17) is 4.74 Å². The van der Waals surface area contributed by atoms with Gasteiger partial charge in [0.25, 0.3) is 5.91 Å². The zero-order valence-corrected chi connectivity index (χ0v) is 12.0. The Bertz CT molecular complexity index is 490. The van der Waals surface area contributed by atoms with Crippen LogP contribution in [0.5, 0.6) is 0 Å². The van der Waals surface area contributed by atoms with Crippen LogP contribution in [0.1, 0.15) is 42.3 Å². The standard InChI is InChI=1S/C14H20N2O3/c1-9-6-7-11(10(2)8-9)12(17)15-16-13(18)19-14(3,4)5/h6-8H,1-5H3,(H,15,17)(H,16,18). The third-order valence-electron chi connectivity index (χ3n) is 2.30. The van der Waals surface area contributed by atoms with Crippen LogP contribution in [0.15, 0.2) is 18.2 Å². The van der Waals surface area contributed by atoms with Gasteiger partial charge in [0.05, 0.1) is 0 Å². The van der Waals surface area contributed by atoms with Gasteiger partial charge in [-0.1, -0.05) is 17.7 Å². The van der Waals surface area contributed by atoms with Crippen LogP contribution in [0, 0.1) is 13.8 Å². The summed E-state index contributed by atoms with van der Waals surface area (Å²) in [5.41, 5.74) is 6.38. The summed E-state index contributed by atoms with van der Waals surface area (Å²) in [7, 11) is 0. The number of aryl methyl sites for hydroxylation is 2. The maximum absolute atomic E-state index is 11.9. The number of nitrogens with one attached hydrogen (secondary N) is 2. The Morgan fingerprint density at radius 3 is 2.26 bits per heavy atom. The molecular weight excluding hydrogens is 244 g/mol. The van der Waals surface area contributed by atoms with E-state index in [0.29, 0.717) is 5.56 Å². The first-order valence-electron chi connectivity index (χ1n) is 6.05. The van der Waals surface area contributed by atoms with Crippen LogP contribution in [-0.2, 0) is 4.74 Å². The van der Waals surface area contributed by atoms with Crippen molar-refractivity contribution in [1.82, 2.24) is 10.9 Å². The van der Waals surface area contributed by atoms with Crippen molar-refractivity contribution in [3.8, 4) is 0 Å². The van der Waals surface area contributed by atoms with Crippen molar-refractivity contribution >= 4 is 12.0 Å². The van der Waals surface area contributed by atoms with Crippen molar-refractivity contribution in [3.63, 3.8) is 0 Å². The second kappa shape index (κ2) is 5.73. The molecule has 1 aromatic carbocycles. The average Bonchev–Trinajstić information content (AvgIpc) is 2.23. The molecule has 104 valence electrons. The molecule has 0 bridgehead atoms. The quantitative estimate of drug-likeness (QED) is 0.766. The molecule has 5 heteroatoms. The summed E-state index contributed by atoms with van der Waals surface area (Å²) in [6, 6.07) is 5.47. The lowest BCUT2D eigenvalue weighted by molar-refractivity contribution is 0.0483. The van der Waals surface area contributed by atoms with Gasteiger partial charge in [0.2, 0.25) is 0 Å². The molecule has 0 fully saturated rings. The van der Waals surface area contributed by atoms with Crippen LogP contribution < -0.4 is 10.9 Å². The highest BCUT2D eigenvalue weighted by Crippen LogP contribution is 2.10. The minimum absolute atomic E-state index is 0.372. The minimum atomic E-state index is -0.689. The van der Waals surface area contributed by atoms with Crippen LogP contribution in [-0.4, -0.2) is 17.6 Å². The van der Waals surface area contributed by atoms with Gasteiger partial charge in [0.1, 0.15) is 5.60 Å². The van der Waals surface area contributed by atoms with E-state index in [9.17, 15) is 9.59 Å². The van der Waals surface area contributed by atoms with Crippen molar-refractivity contribution in [3.05, 3.63) is 34.9 Å². The van der Waals surface area contributed by atoms with Crippen LogP contribution in [0.2, 0.25) is 0 Å². The lowest BCUT2D eigenvalue weighted by atomic mass is 10.1. The van der Waals surface area contributed by atoms with Gasteiger partial charge in [-0.2, -0.15) is 0 Å². The average molecular weight is 264 g/mol. The molecule has 0 aliphatic rings. The molecule has 0 aliphatic heterocycles. The summed E-state index contributed by atoms with van der Waals surface area (Å²) in [6.45, 7) is 9.04. The monoisotopic (exact) mass is 264 g/mol. The van der Waals surface area contributed by atoms with E-state index in [-0.39, 0.29) is 5.91 Å². The van der Waals surface area contributed by atoms with E-state index in [0.717, 1.165) is 11.1 Å². The van der Waals surface area contributed by atoms with Gasteiger partial charge in [-0.3, -0.25) is 10.2 Å². The van der Waals surface area contributed by atoms with Gasteiger partial charge in [-0.15, -0.1) is 0 Å². The Balaban J connectivity index is 2.59. The van der Waals surface area contributed by atoms with E-state index < -0.39 is 11.7 Å². The first kappa shape index (κ1) is 15.0. The molecule has 1 aromatic rings. The smallest absolute Gasteiger partial charge is 0.426 e. The highest BCUT2D eigenvalue weighted by Gasteiger charge is 2.17. The highest BCUT2D eigenvalue weighted by atomic mass is 16.6. The molecule has 19 heavy (non-hydrogen) atoms. The number of ether oxygens (including phenoxy) is 1. The largest absolute Gasteiger partial charge is 0.443 e. The third kappa shape index (κ3) is 4.99. The van der Waals surface area contributed by atoms with Crippen LogP contribution in [0.25, 0.3) is 0 Å². The molecule has 0 radical (unpaired) electrons. The lowest BCUT2D eigenvalue weighted by Crippen LogP contribution is -2.44. The predicted octanol–water partition coefficient (Wildman–Crippen LogP) is 2.47. The molecule has 0 unspecified atom stereocenters. The Labute approximate surface area is 113 Å². The Morgan fingerprint density at radius 2 is 1.74 bits per heavy atom. The van der Waals surface area contributed by atoms with Gasteiger partial charge in [-0.25, -0.2) is 10.2 Å². The van der Waals surface area contributed by atoms with Crippen LogP contribution in [0.3, 0.4) is 0 Å². The SMILES string of the molecule is Cc1ccc(C(=O)NNC(=O)OC(C)(C)C)c(C)c1. The van der Waals surface area contributed by atoms with Crippen molar-refractivity contribution < 1.29 is 14.3 Å². The van der Waals surface area contributed by atoms with Crippen molar-refractivity contribution in [2.24, 2.45) is 0 Å². The van der Waals surface area contributed by atoms with E-state index in [2.05, 4.69) is 10.9 Å². The Morgan fingerprint density at radius 1 is 1.11 bits per heavy atom. The molecule has 0 atom stereocenters. The van der Waals surface area contributed by atoms with Gasteiger partial charge >= 0.3 is 6.09 Å². The molecule has 0 aliphatic carbocycles. The lowest BCUT2D eigenvalue weighted by Gasteiger charge is -2.19. The molecule has 0 saturated carbocycles. The zero-order chi connectivity index (χ0) is 14.6. The maximum Gasteiger partial charge on any atom is 0.426 e. The number of hydrogen-bond acceptors (Lipinski definition) is 3. The second-order valence-corrected chi connectivity index (χ2v) is 5.40. The number of rotatable bonds is 1. The second-order valence-electron chi connectivity index (χ2n) is 5.40. The first-order valence-corrected chi connectivity index (χ1v) is 6.05. The Kier molecular flexibility index (Phi) is 4.53. The van der Waals surface area contributed by atoms with Crippen LogP contribution in [0.4, 0.5) is 4.79 Å². The van der Waals surface area contributed by atoms with Crippen LogP contribution >= 0.6 is 0 Å². The van der Waals surface area contributed by atoms with E-state index in [1.807, 2.05) is 26.0 Å². The molecule has 0 saturated heterocycles. The summed E-state index contributed by atoms with van der Waals surface area (Å²) in [6.07, 6.45) is -0.689. The fourth-order valence-electron chi connectivity index (χ4n) is 1.55. The molecule has 5 nitrogen and oxygen atoms in total. The number of carbonyl (C=O) groups excluding carboxylic acids is 2. The Hall–Kier alpha value is -2.04. The number of hydrazine groups is 1. The molecule has 1 rings (SSSR count). The summed E-state index contributed by atoms with van der Waals surface area (Å²) >= 11 is 0.